The Morgan fingerprint density at radius 3 is 3.00 bits per heavy atom. The van der Waals surface area contributed by atoms with E-state index in [1.807, 2.05) is 0 Å². The van der Waals surface area contributed by atoms with Crippen molar-refractivity contribution in [3.05, 3.63) is 23.5 Å². The van der Waals surface area contributed by atoms with Gasteiger partial charge in [-0.05, 0) is 12.1 Å². The molecule has 4 heteroatoms. The maximum absolute atomic E-state index is 13.5. The molecule has 0 aliphatic carbocycles. The minimum absolute atomic E-state index is 0.0144. The topological polar surface area (TPSA) is 35.5 Å². The van der Waals surface area contributed by atoms with Crippen molar-refractivity contribution in [2.75, 3.05) is 13.7 Å². The zero-order valence-electron chi connectivity index (χ0n) is 7.67. The number of carbonyl (C=O) groups excluding carboxylic acids is 1. The van der Waals surface area contributed by atoms with Crippen LogP contribution in [0.4, 0.5) is 4.39 Å². The second-order valence-electron chi connectivity index (χ2n) is 2.98. The van der Waals surface area contributed by atoms with Crippen LogP contribution in [0.5, 0.6) is 11.5 Å². The van der Waals surface area contributed by atoms with Crippen LogP contribution < -0.4 is 9.47 Å². The fraction of sp³-hybridized carbons (Fsp3) is 0.300. The Morgan fingerprint density at radius 1 is 1.50 bits per heavy atom. The van der Waals surface area contributed by atoms with E-state index in [1.165, 1.54) is 19.2 Å². The number of Topliss-reactive ketones (excluding diaryl/α,β-unsaturated/α-hetero) is 1. The second kappa shape index (κ2) is 3.29. The molecule has 1 aromatic rings. The molecule has 0 aromatic heterocycles. The maximum Gasteiger partial charge on any atom is 0.207 e. The van der Waals surface area contributed by atoms with Crippen molar-refractivity contribution in [2.45, 2.75) is 6.42 Å². The molecule has 2 rings (SSSR count). The lowest BCUT2D eigenvalue weighted by atomic mass is 10.0. The molecule has 0 amide bonds. The zero-order valence-corrected chi connectivity index (χ0v) is 7.67. The van der Waals surface area contributed by atoms with E-state index in [4.69, 9.17) is 9.47 Å². The number of hydrogen-bond donors (Lipinski definition) is 0. The molecule has 0 spiro atoms. The van der Waals surface area contributed by atoms with Gasteiger partial charge in [-0.3, -0.25) is 4.79 Å². The van der Waals surface area contributed by atoms with E-state index < -0.39 is 5.82 Å². The molecule has 1 aromatic carbocycles. The van der Waals surface area contributed by atoms with Crippen molar-refractivity contribution < 1.29 is 18.7 Å². The van der Waals surface area contributed by atoms with E-state index in [0.29, 0.717) is 12.0 Å². The van der Waals surface area contributed by atoms with Crippen molar-refractivity contribution in [3.63, 3.8) is 0 Å². The Labute approximate surface area is 80.4 Å². The third-order valence-corrected chi connectivity index (χ3v) is 2.16. The highest BCUT2D eigenvalue weighted by molar-refractivity contribution is 5.99. The average molecular weight is 196 g/mol. The summed E-state index contributed by atoms with van der Waals surface area (Å²) in [5, 5.41) is 0. The largest absolute Gasteiger partial charge is 0.494 e. The third kappa shape index (κ3) is 1.23. The van der Waals surface area contributed by atoms with Crippen molar-refractivity contribution >= 4 is 5.78 Å². The Balaban J connectivity index is 2.57. The molecule has 0 saturated carbocycles. The van der Waals surface area contributed by atoms with Crippen LogP contribution in [0.3, 0.4) is 0 Å². The van der Waals surface area contributed by atoms with Gasteiger partial charge in [0.1, 0.15) is 0 Å². The minimum Gasteiger partial charge on any atom is -0.494 e. The Kier molecular flexibility index (Phi) is 2.11. The van der Waals surface area contributed by atoms with Crippen LogP contribution in [0.1, 0.15) is 16.8 Å². The van der Waals surface area contributed by atoms with Crippen LogP contribution in [-0.2, 0) is 0 Å². The Morgan fingerprint density at radius 2 is 2.29 bits per heavy atom. The van der Waals surface area contributed by atoms with E-state index in [1.54, 1.807) is 0 Å². The molecule has 0 fully saturated rings. The van der Waals surface area contributed by atoms with Gasteiger partial charge in [0.05, 0.1) is 19.3 Å². The molecular weight excluding hydrogens is 187 g/mol. The number of rotatable bonds is 1. The lowest BCUT2D eigenvalue weighted by Crippen LogP contribution is -2.16. The van der Waals surface area contributed by atoms with Crippen molar-refractivity contribution in [3.8, 4) is 11.5 Å². The van der Waals surface area contributed by atoms with Crippen LogP contribution >= 0.6 is 0 Å². The predicted octanol–water partition coefficient (Wildman–Crippen LogP) is 1.80. The zero-order chi connectivity index (χ0) is 10.1. The first-order valence-corrected chi connectivity index (χ1v) is 4.26. The summed E-state index contributed by atoms with van der Waals surface area (Å²) < 4.78 is 23.4. The molecule has 0 bridgehead atoms. The van der Waals surface area contributed by atoms with E-state index in [2.05, 4.69) is 0 Å². The summed E-state index contributed by atoms with van der Waals surface area (Å²) in [5.74, 6) is -0.579. The monoisotopic (exact) mass is 196 g/mol. The molecule has 0 radical (unpaired) electrons. The lowest BCUT2D eigenvalue weighted by molar-refractivity contribution is 0.0929. The predicted molar refractivity (Wildman–Crippen MR) is 47.4 cm³/mol. The van der Waals surface area contributed by atoms with Crippen LogP contribution in [-0.4, -0.2) is 19.5 Å². The van der Waals surface area contributed by atoms with Crippen molar-refractivity contribution in [2.24, 2.45) is 0 Å². The molecule has 0 unspecified atom stereocenters. The van der Waals surface area contributed by atoms with Gasteiger partial charge in [-0.1, -0.05) is 0 Å². The smallest absolute Gasteiger partial charge is 0.207 e. The standard InChI is InChI=1S/C10H9FO3/c1-13-8-3-2-6-7(12)4-5-14-10(6)9(8)11/h2-3H,4-5H2,1H3. The molecule has 74 valence electrons. The molecule has 14 heavy (non-hydrogen) atoms. The first-order chi connectivity index (χ1) is 6.74. The highest BCUT2D eigenvalue weighted by atomic mass is 19.1. The highest BCUT2D eigenvalue weighted by Crippen LogP contribution is 2.33. The van der Waals surface area contributed by atoms with Gasteiger partial charge in [-0.15, -0.1) is 0 Å². The summed E-state index contributed by atoms with van der Waals surface area (Å²) in [5.41, 5.74) is 0.301. The van der Waals surface area contributed by atoms with Crippen molar-refractivity contribution in [1.82, 2.24) is 0 Å². The summed E-state index contributed by atoms with van der Waals surface area (Å²) in [7, 11) is 1.37. The van der Waals surface area contributed by atoms with Crippen molar-refractivity contribution in [1.29, 1.82) is 0 Å². The SMILES string of the molecule is COc1ccc2c(c1F)OCCC2=O. The second-order valence-corrected chi connectivity index (χ2v) is 2.98. The summed E-state index contributed by atoms with van der Waals surface area (Å²) in [4.78, 5) is 11.3. The van der Waals surface area contributed by atoms with Gasteiger partial charge in [-0.2, -0.15) is 4.39 Å². The molecule has 0 saturated heterocycles. The van der Waals surface area contributed by atoms with Gasteiger partial charge in [0.25, 0.3) is 0 Å². The van der Waals surface area contributed by atoms with Crippen LogP contribution in [0.25, 0.3) is 0 Å². The van der Waals surface area contributed by atoms with Gasteiger partial charge in [-0.25, -0.2) is 0 Å². The number of carbonyl (C=O) groups is 1. The number of hydrogen-bond acceptors (Lipinski definition) is 3. The summed E-state index contributed by atoms with van der Waals surface area (Å²) >= 11 is 0. The first kappa shape index (κ1) is 8.99. The molecule has 3 nitrogen and oxygen atoms in total. The number of methoxy groups -OCH3 is 1. The minimum atomic E-state index is -0.599. The Hall–Kier alpha value is -1.58. The van der Waals surface area contributed by atoms with Crippen LogP contribution in [0, 0.1) is 5.82 Å². The Bertz CT molecular complexity index is 387. The molecule has 0 atom stereocenters. The molecule has 1 heterocycles. The first-order valence-electron chi connectivity index (χ1n) is 4.26. The van der Waals surface area contributed by atoms with Gasteiger partial charge in [0.15, 0.2) is 17.3 Å². The highest BCUT2D eigenvalue weighted by Gasteiger charge is 2.23. The quantitative estimate of drug-likeness (QED) is 0.687. The average Bonchev–Trinajstić information content (AvgIpc) is 2.20. The number of halogens is 1. The fourth-order valence-electron chi connectivity index (χ4n) is 1.44. The summed E-state index contributed by atoms with van der Waals surface area (Å²) in [6.07, 6.45) is 0.304. The van der Waals surface area contributed by atoms with E-state index in [9.17, 15) is 9.18 Å². The van der Waals surface area contributed by atoms with E-state index in [0.717, 1.165) is 0 Å². The molecule has 1 aliphatic rings. The molecular formula is C10H9FO3. The van der Waals surface area contributed by atoms with Gasteiger partial charge >= 0.3 is 0 Å². The number of ketones is 1. The maximum atomic E-state index is 13.5. The van der Waals surface area contributed by atoms with Crippen LogP contribution in [0.2, 0.25) is 0 Å². The molecule has 1 aliphatic heterocycles. The normalized spacial score (nSPS) is 14.6. The number of benzene rings is 1. The van der Waals surface area contributed by atoms with Crippen LogP contribution in [0.15, 0.2) is 12.1 Å². The summed E-state index contributed by atoms with van der Waals surface area (Å²) in [6.45, 7) is 0.232. The van der Waals surface area contributed by atoms with Gasteiger partial charge < -0.3 is 9.47 Å². The van der Waals surface area contributed by atoms with Gasteiger partial charge in [0, 0.05) is 6.42 Å². The van der Waals surface area contributed by atoms with E-state index in [-0.39, 0.29) is 23.9 Å². The molecule has 0 N–H and O–H groups in total. The number of fused-ring (bicyclic) bond motifs is 1. The summed E-state index contributed by atoms with van der Waals surface area (Å²) in [6, 6.07) is 2.96. The van der Waals surface area contributed by atoms with Gasteiger partial charge in [0.2, 0.25) is 5.82 Å². The fourth-order valence-corrected chi connectivity index (χ4v) is 1.44. The number of ether oxygens (including phenoxy) is 2. The van der Waals surface area contributed by atoms with E-state index >= 15 is 0 Å². The lowest BCUT2D eigenvalue weighted by Gasteiger charge is -2.17. The third-order valence-electron chi connectivity index (χ3n) is 2.16.